The Hall–Kier alpha value is -3.94. The van der Waals surface area contributed by atoms with E-state index >= 15 is 4.39 Å². The largest absolute Gasteiger partial charge is 0.573 e. The summed E-state index contributed by atoms with van der Waals surface area (Å²) in [6, 6.07) is 14.9. The highest BCUT2D eigenvalue weighted by molar-refractivity contribution is 5.84. The number of aryl methyl sites for hydroxylation is 4. The van der Waals surface area contributed by atoms with Crippen molar-refractivity contribution in [3.05, 3.63) is 108 Å². The third-order valence-corrected chi connectivity index (χ3v) is 5.63. The van der Waals surface area contributed by atoms with Crippen LogP contribution in [0.15, 0.2) is 79.6 Å². The molecule has 4 aromatic rings. The number of halogens is 4. The van der Waals surface area contributed by atoms with E-state index in [4.69, 9.17) is 4.74 Å². The summed E-state index contributed by atoms with van der Waals surface area (Å²) in [5, 5.41) is 1.33. The summed E-state index contributed by atoms with van der Waals surface area (Å²) < 4.78 is 61.3. The van der Waals surface area contributed by atoms with Gasteiger partial charge in [-0.3, -0.25) is 0 Å². The van der Waals surface area contributed by atoms with Gasteiger partial charge in [0.15, 0.2) is 5.75 Å². The quantitative estimate of drug-likeness (QED) is 0.179. The minimum atomic E-state index is -4.73. The first-order valence-electron chi connectivity index (χ1n) is 11.4. The number of nitrogens with zero attached hydrogens (tertiary/aromatic N) is 2. The van der Waals surface area contributed by atoms with Gasteiger partial charge in [-0.25, -0.2) is 14.4 Å². The van der Waals surface area contributed by atoms with Crippen LogP contribution < -0.4 is 9.47 Å². The van der Waals surface area contributed by atoms with Gasteiger partial charge in [-0.1, -0.05) is 55.1 Å². The molecule has 0 aliphatic rings. The molecule has 4 rings (SSSR count). The number of benzene rings is 3. The number of rotatable bonds is 10. The molecule has 0 atom stereocenters. The van der Waals surface area contributed by atoms with Crippen LogP contribution in [0.2, 0.25) is 0 Å². The van der Waals surface area contributed by atoms with Crippen LogP contribution in [0.25, 0.3) is 10.8 Å². The molecule has 0 amide bonds. The molecule has 0 unspecified atom stereocenters. The van der Waals surface area contributed by atoms with Crippen molar-refractivity contribution in [3.8, 4) is 11.5 Å². The van der Waals surface area contributed by atoms with Crippen LogP contribution in [-0.4, -0.2) is 22.9 Å². The number of ether oxygens (including phenoxy) is 2. The molecule has 0 radical (unpaired) electrons. The molecule has 0 aliphatic carbocycles. The number of aromatic nitrogens is 2. The summed E-state index contributed by atoms with van der Waals surface area (Å²) in [5.41, 5.74) is 2.39. The van der Waals surface area contributed by atoms with Crippen LogP contribution in [0.4, 0.5) is 17.6 Å². The lowest BCUT2D eigenvalue weighted by molar-refractivity contribution is -0.274. The van der Waals surface area contributed by atoms with Crippen molar-refractivity contribution >= 4 is 10.8 Å². The monoisotopic (exact) mass is 496 g/mol. The Labute approximate surface area is 206 Å². The predicted octanol–water partition coefficient (Wildman–Crippen LogP) is 6.80. The van der Waals surface area contributed by atoms with Gasteiger partial charge >= 0.3 is 6.36 Å². The fourth-order valence-corrected chi connectivity index (χ4v) is 3.83. The molecule has 0 aliphatic heterocycles. The van der Waals surface area contributed by atoms with E-state index < -0.39 is 6.36 Å². The second-order valence-corrected chi connectivity index (χ2v) is 8.22. The zero-order chi connectivity index (χ0) is 25.5. The molecule has 0 spiro atoms. The highest BCUT2D eigenvalue weighted by atomic mass is 19.4. The average molecular weight is 497 g/mol. The Kier molecular flexibility index (Phi) is 7.83. The lowest BCUT2D eigenvalue weighted by Gasteiger charge is -2.10. The van der Waals surface area contributed by atoms with Gasteiger partial charge in [0, 0.05) is 11.8 Å². The summed E-state index contributed by atoms with van der Waals surface area (Å²) in [4.78, 5) is 8.63. The Morgan fingerprint density at radius 3 is 2.19 bits per heavy atom. The van der Waals surface area contributed by atoms with Crippen molar-refractivity contribution in [3.63, 3.8) is 0 Å². The zero-order valence-corrected chi connectivity index (χ0v) is 19.4. The molecular weight excluding hydrogens is 472 g/mol. The summed E-state index contributed by atoms with van der Waals surface area (Å²) in [5.74, 6) is 0.721. The van der Waals surface area contributed by atoms with Crippen molar-refractivity contribution in [2.24, 2.45) is 0 Å². The Bertz CT molecular complexity index is 1320. The van der Waals surface area contributed by atoms with Gasteiger partial charge in [0.1, 0.15) is 24.0 Å². The lowest BCUT2D eigenvalue weighted by atomic mass is 9.98. The molecular formula is C28H24F4N2O2. The van der Waals surface area contributed by atoms with Crippen LogP contribution in [0.5, 0.6) is 11.5 Å². The van der Waals surface area contributed by atoms with Crippen LogP contribution in [0.3, 0.4) is 0 Å². The molecule has 186 valence electrons. The van der Waals surface area contributed by atoms with Crippen LogP contribution in [0.1, 0.15) is 22.5 Å². The van der Waals surface area contributed by atoms with E-state index in [1.54, 1.807) is 42.7 Å². The van der Waals surface area contributed by atoms with Gasteiger partial charge in [0.25, 0.3) is 0 Å². The molecule has 1 heterocycles. The van der Waals surface area contributed by atoms with E-state index in [1.807, 2.05) is 18.2 Å². The van der Waals surface area contributed by atoms with Crippen molar-refractivity contribution in [1.82, 2.24) is 9.97 Å². The highest BCUT2D eigenvalue weighted by Crippen LogP contribution is 2.26. The molecule has 0 N–H and O–H groups in total. The molecule has 1 aromatic heterocycles. The third kappa shape index (κ3) is 6.81. The number of fused-ring (bicyclic) bond motifs is 1. The van der Waals surface area contributed by atoms with Crippen molar-refractivity contribution in [2.75, 3.05) is 6.61 Å². The summed E-state index contributed by atoms with van der Waals surface area (Å²) in [6.07, 6.45) is 2.45. The van der Waals surface area contributed by atoms with Gasteiger partial charge in [-0.15, -0.1) is 13.2 Å². The van der Waals surface area contributed by atoms with E-state index in [0.29, 0.717) is 54.8 Å². The van der Waals surface area contributed by atoms with Gasteiger partial charge in [-0.2, -0.15) is 0 Å². The summed E-state index contributed by atoms with van der Waals surface area (Å²) in [6.45, 7) is 3.99. The Morgan fingerprint density at radius 1 is 0.806 bits per heavy atom. The summed E-state index contributed by atoms with van der Waals surface area (Å²) >= 11 is 0. The normalized spacial score (nSPS) is 11.4. The second kappa shape index (κ2) is 11.2. The number of alkyl halides is 3. The molecule has 4 nitrogen and oxygen atoms in total. The van der Waals surface area contributed by atoms with Crippen molar-refractivity contribution in [1.29, 1.82) is 0 Å². The smallest absolute Gasteiger partial charge is 0.486 e. The minimum absolute atomic E-state index is 0.278. The minimum Gasteiger partial charge on any atom is -0.486 e. The molecule has 0 saturated carbocycles. The Morgan fingerprint density at radius 2 is 1.50 bits per heavy atom. The third-order valence-electron chi connectivity index (χ3n) is 5.63. The van der Waals surface area contributed by atoms with Gasteiger partial charge in [-0.05, 0) is 53.5 Å². The molecule has 36 heavy (non-hydrogen) atoms. The first-order valence-corrected chi connectivity index (χ1v) is 11.4. The first-order chi connectivity index (χ1) is 17.3. The maximum absolute atomic E-state index is 15.1. The summed E-state index contributed by atoms with van der Waals surface area (Å²) in [7, 11) is 0. The van der Waals surface area contributed by atoms with Crippen LogP contribution >= 0.6 is 0 Å². The standard InChI is InChI=1S/C28H24F4N2O2/c1-2-15-35-24-17-33-26(34-18-24)14-7-20-6-13-25-22(16-20)10-9-21(27(25)29)8-3-19-4-11-23(12-5-19)36-28(30,31)32/h2,4-6,9-13,16-18H,1,3,7-8,14-15H2. The highest BCUT2D eigenvalue weighted by Gasteiger charge is 2.30. The maximum atomic E-state index is 15.1. The molecule has 0 saturated heterocycles. The van der Waals surface area contributed by atoms with E-state index in [0.717, 1.165) is 16.5 Å². The molecule has 8 heteroatoms. The number of hydrogen-bond acceptors (Lipinski definition) is 4. The maximum Gasteiger partial charge on any atom is 0.573 e. The van der Waals surface area contributed by atoms with E-state index in [1.165, 1.54) is 12.1 Å². The average Bonchev–Trinajstić information content (AvgIpc) is 2.86. The second-order valence-electron chi connectivity index (χ2n) is 8.22. The van der Waals surface area contributed by atoms with Crippen LogP contribution in [-0.2, 0) is 25.7 Å². The topological polar surface area (TPSA) is 44.2 Å². The van der Waals surface area contributed by atoms with E-state index in [-0.39, 0.29) is 11.6 Å². The SMILES string of the molecule is C=CCOc1cnc(CCc2ccc3c(F)c(CCc4ccc(OC(F)(F)F)cc4)ccc3c2)nc1. The molecule has 3 aromatic carbocycles. The van der Waals surface area contributed by atoms with E-state index in [2.05, 4.69) is 21.3 Å². The number of hydrogen-bond donors (Lipinski definition) is 0. The lowest BCUT2D eigenvalue weighted by Crippen LogP contribution is -2.17. The van der Waals surface area contributed by atoms with E-state index in [9.17, 15) is 13.2 Å². The molecule has 0 bridgehead atoms. The van der Waals surface area contributed by atoms with Gasteiger partial charge in [0.05, 0.1) is 12.4 Å². The fourth-order valence-electron chi connectivity index (χ4n) is 3.83. The van der Waals surface area contributed by atoms with Crippen molar-refractivity contribution in [2.45, 2.75) is 32.0 Å². The fraction of sp³-hybridized carbons (Fsp3) is 0.214. The molecule has 0 fully saturated rings. The Balaban J connectivity index is 1.37. The first kappa shape index (κ1) is 25.2. The van der Waals surface area contributed by atoms with Gasteiger partial charge < -0.3 is 9.47 Å². The predicted molar refractivity (Wildman–Crippen MR) is 130 cm³/mol. The van der Waals surface area contributed by atoms with Crippen molar-refractivity contribution < 1.29 is 27.0 Å². The van der Waals surface area contributed by atoms with Crippen LogP contribution in [0, 0.1) is 5.82 Å². The van der Waals surface area contributed by atoms with Gasteiger partial charge in [0.2, 0.25) is 0 Å². The zero-order valence-electron chi connectivity index (χ0n) is 19.4.